The number of fused-ring (bicyclic) bond motifs is 1. The summed E-state index contributed by atoms with van der Waals surface area (Å²) in [4.78, 5) is 11.7. The van der Waals surface area contributed by atoms with Gasteiger partial charge in [-0.15, -0.1) is 11.6 Å². The van der Waals surface area contributed by atoms with Gasteiger partial charge in [0.1, 0.15) is 11.3 Å². The van der Waals surface area contributed by atoms with Gasteiger partial charge in [0.2, 0.25) is 0 Å². The summed E-state index contributed by atoms with van der Waals surface area (Å²) < 4.78 is 3.23. The summed E-state index contributed by atoms with van der Waals surface area (Å²) in [5, 5.41) is 0. The number of hydrogen-bond donors (Lipinski definition) is 0. The number of alkyl halides is 1. The first-order valence-electron chi connectivity index (χ1n) is 7.30. The second-order valence-corrected chi connectivity index (χ2v) is 7.32. The molecule has 0 aliphatic heterocycles. The maximum atomic E-state index is 5.96. The van der Waals surface area contributed by atoms with Gasteiger partial charge in [-0.3, -0.25) is 0 Å². The molecule has 0 spiro atoms. The van der Waals surface area contributed by atoms with Crippen LogP contribution in [0.15, 0.2) is 16.7 Å². The number of aromatic nitrogens is 3. The molecule has 0 unspecified atom stereocenters. The molecule has 21 heavy (non-hydrogen) atoms. The van der Waals surface area contributed by atoms with E-state index >= 15 is 0 Å². The summed E-state index contributed by atoms with van der Waals surface area (Å²) in [6, 6.07) is 2.03. The maximum absolute atomic E-state index is 5.96. The highest BCUT2D eigenvalue weighted by molar-refractivity contribution is 9.10. The Balaban J connectivity index is 2.05. The number of aryl methyl sites for hydroxylation is 1. The number of nitrogens with zero attached hydrogens (tertiary/aromatic N) is 4. The number of rotatable bonds is 5. The number of imidazole rings is 1. The van der Waals surface area contributed by atoms with Gasteiger partial charge in [0.15, 0.2) is 5.65 Å². The molecule has 0 amide bonds. The predicted octanol–water partition coefficient (Wildman–Crippen LogP) is 3.46. The van der Waals surface area contributed by atoms with Gasteiger partial charge in [-0.1, -0.05) is 0 Å². The first-order chi connectivity index (χ1) is 10.1. The Kier molecular flexibility index (Phi) is 4.26. The van der Waals surface area contributed by atoms with Crippen molar-refractivity contribution in [3.05, 3.63) is 22.6 Å². The molecule has 4 nitrogen and oxygen atoms in total. The minimum atomic E-state index is 0.240. The average molecular weight is 372 g/mol. The molecule has 0 N–H and O–H groups in total. The van der Waals surface area contributed by atoms with Crippen LogP contribution < -0.4 is 0 Å². The Morgan fingerprint density at radius 3 is 2.76 bits per heavy atom. The zero-order valence-electron chi connectivity index (χ0n) is 12.4. The first-order valence-corrected chi connectivity index (χ1v) is 8.62. The van der Waals surface area contributed by atoms with Crippen LogP contribution in [0.5, 0.6) is 0 Å². The van der Waals surface area contributed by atoms with Gasteiger partial charge in [0.25, 0.3) is 0 Å². The predicted molar refractivity (Wildman–Crippen MR) is 89.9 cm³/mol. The summed E-state index contributed by atoms with van der Waals surface area (Å²) in [6.45, 7) is 0.942. The number of halogens is 2. The Bertz CT molecular complexity index is 648. The lowest BCUT2D eigenvalue weighted by Gasteiger charge is -2.47. The number of hydrogen-bond acceptors (Lipinski definition) is 3. The maximum Gasteiger partial charge on any atom is 0.160 e. The van der Waals surface area contributed by atoms with Crippen LogP contribution in [0, 0.1) is 0 Å². The van der Waals surface area contributed by atoms with E-state index in [-0.39, 0.29) is 5.54 Å². The van der Waals surface area contributed by atoms with Gasteiger partial charge in [0, 0.05) is 35.1 Å². The molecule has 0 radical (unpaired) electrons. The van der Waals surface area contributed by atoms with Crippen molar-refractivity contribution in [2.45, 2.75) is 37.8 Å². The molecule has 114 valence electrons. The van der Waals surface area contributed by atoms with Gasteiger partial charge in [-0.2, -0.15) is 0 Å². The molecule has 0 bridgehead atoms. The lowest BCUT2D eigenvalue weighted by atomic mass is 9.75. The minimum Gasteiger partial charge on any atom is -0.311 e. The zero-order valence-corrected chi connectivity index (χ0v) is 14.8. The van der Waals surface area contributed by atoms with Crippen molar-refractivity contribution in [1.29, 1.82) is 0 Å². The minimum absolute atomic E-state index is 0.240. The van der Waals surface area contributed by atoms with Crippen molar-refractivity contribution in [3.63, 3.8) is 0 Å². The summed E-state index contributed by atoms with van der Waals surface area (Å²) in [6.07, 6.45) is 6.38. The van der Waals surface area contributed by atoms with Gasteiger partial charge in [0.05, 0.1) is 0 Å². The summed E-state index contributed by atoms with van der Waals surface area (Å²) >= 11 is 9.42. The molecule has 0 atom stereocenters. The van der Waals surface area contributed by atoms with Crippen molar-refractivity contribution < 1.29 is 0 Å². The first kappa shape index (κ1) is 15.3. The van der Waals surface area contributed by atoms with Crippen LogP contribution in [-0.2, 0) is 13.0 Å². The van der Waals surface area contributed by atoms with Crippen molar-refractivity contribution in [2.24, 2.45) is 0 Å². The van der Waals surface area contributed by atoms with E-state index in [1.165, 1.54) is 19.3 Å². The smallest absolute Gasteiger partial charge is 0.160 e. The second-order valence-electron chi connectivity index (χ2n) is 6.02. The monoisotopic (exact) mass is 370 g/mol. The van der Waals surface area contributed by atoms with E-state index in [4.69, 9.17) is 16.6 Å². The van der Waals surface area contributed by atoms with Gasteiger partial charge >= 0.3 is 0 Å². The third-order valence-electron chi connectivity index (χ3n) is 4.63. The number of pyridine rings is 1. The molecule has 3 rings (SSSR count). The summed E-state index contributed by atoms with van der Waals surface area (Å²) in [5.41, 5.74) is 2.15. The zero-order chi connectivity index (χ0) is 15.0. The average Bonchev–Trinajstić information content (AvgIpc) is 2.70. The van der Waals surface area contributed by atoms with Gasteiger partial charge < -0.3 is 9.47 Å². The second kappa shape index (κ2) is 5.86. The van der Waals surface area contributed by atoms with Crippen LogP contribution in [-0.4, -0.2) is 44.9 Å². The fourth-order valence-electron chi connectivity index (χ4n) is 3.10. The van der Waals surface area contributed by atoms with E-state index in [1.54, 1.807) is 0 Å². The Labute approximate surface area is 138 Å². The fourth-order valence-corrected chi connectivity index (χ4v) is 3.59. The van der Waals surface area contributed by atoms with Gasteiger partial charge in [-0.05, 0) is 55.4 Å². The lowest BCUT2D eigenvalue weighted by Crippen LogP contribution is -2.53. The van der Waals surface area contributed by atoms with Crippen LogP contribution in [0.1, 0.15) is 25.1 Å². The van der Waals surface area contributed by atoms with Crippen LogP contribution >= 0.6 is 27.5 Å². The van der Waals surface area contributed by atoms with E-state index < -0.39 is 0 Å². The van der Waals surface area contributed by atoms with E-state index in [2.05, 4.69) is 44.5 Å². The molecule has 0 aromatic carbocycles. The highest BCUT2D eigenvalue weighted by Crippen LogP contribution is 2.38. The molecular formula is C15H20BrClN4. The quantitative estimate of drug-likeness (QED) is 0.755. The topological polar surface area (TPSA) is 34.0 Å². The Hall–Kier alpha value is -0.650. The molecule has 0 saturated heterocycles. The van der Waals surface area contributed by atoms with Gasteiger partial charge in [-0.25, -0.2) is 9.97 Å². The standard InChI is InChI=1S/C15H20BrClN4/c1-20(2)15(5-3-6-15)10-21-13(4-7-17)19-12-8-11(16)9-18-14(12)21/h8-9H,3-7,10H2,1-2H3. The van der Waals surface area contributed by atoms with Crippen molar-refractivity contribution in [3.8, 4) is 0 Å². The fraction of sp³-hybridized carbons (Fsp3) is 0.600. The molecule has 2 aromatic heterocycles. The molecule has 1 fully saturated rings. The SMILES string of the molecule is CN(C)C1(Cn2c(CCCl)nc3cc(Br)cnc32)CCC1. The Morgan fingerprint density at radius 1 is 1.43 bits per heavy atom. The van der Waals surface area contributed by atoms with Crippen molar-refractivity contribution in [1.82, 2.24) is 19.4 Å². The molecule has 1 aliphatic rings. The van der Waals surface area contributed by atoms with Crippen LogP contribution in [0.4, 0.5) is 0 Å². The van der Waals surface area contributed by atoms with Crippen molar-refractivity contribution in [2.75, 3.05) is 20.0 Å². The molecule has 1 saturated carbocycles. The summed E-state index contributed by atoms with van der Waals surface area (Å²) in [5.74, 6) is 1.62. The van der Waals surface area contributed by atoms with E-state index in [9.17, 15) is 0 Å². The highest BCUT2D eigenvalue weighted by Gasteiger charge is 2.40. The number of likely N-dealkylation sites (N-methyl/N-ethyl adjacent to an activating group) is 1. The van der Waals surface area contributed by atoms with Crippen molar-refractivity contribution >= 4 is 38.7 Å². The van der Waals surface area contributed by atoms with E-state index in [0.29, 0.717) is 5.88 Å². The third-order valence-corrected chi connectivity index (χ3v) is 5.26. The van der Waals surface area contributed by atoms with Crippen LogP contribution in [0.3, 0.4) is 0 Å². The van der Waals surface area contributed by atoms with Crippen LogP contribution in [0.2, 0.25) is 0 Å². The lowest BCUT2D eigenvalue weighted by molar-refractivity contribution is 0.0426. The summed E-state index contributed by atoms with van der Waals surface area (Å²) in [7, 11) is 4.34. The molecule has 6 heteroatoms. The van der Waals surface area contributed by atoms with E-state index in [0.717, 1.165) is 34.4 Å². The van der Waals surface area contributed by atoms with Crippen LogP contribution in [0.25, 0.3) is 11.2 Å². The normalized spacial score (nSPS) is 17.4. The molecule has 2 heterocycles. The largest absolute Gasteiger partial charge is 0.311 e. The highest BCUT2D eigenvalue weighted by atomic mass is 79.9. The molecule has 1 aliphatic carbocycles. The Morgan fingerprint density at radius 2 is 2.19 bits per heavy atom. The third kappa shape index (κ3) is 2.71. The van der Waals surface area contributed by atoms with E-state index in [1.807, 2.05) is 12.3 Å². The molecule has 2 aromatic rings. The molecular weight excluding hydrogens is 352 g/mol.